The summed E-state index contributed by atoms with van der Waals surface area (Å²) in [5.74, 6) is -1.29. The summed E-state index contributed by atoms with van der Waals surface area (Å²) < 4.78 is 5.05. The third-order valence-electron chi connectivity index (χ3n) is 3.05. The largest absolute Gasteiger partial charge is 0.477 e. The van der Waals surface area contributed by atoms with Crippen molar-refractivity contribution < 1.29 is 29.6 Å². The van der Waals surface area contributed by atoms with Crippen molar-refractivity contribution in [3.05, 3.63) is 29.1 Å². The van der Waals surface area contributed by atoms with Crippen LogP contribution in [0, 0.1) is 6.92 Å². The highest BCUT2D eigenvalue weighted by Crippen LogP contribution is 2.22. The number of nitrogens with zero attached hydrogens (tertiary/aromatic N) is 1. The molecule has 1 heterocycles. The molecular weight excluding hydrogens is 316 g/mol. The number of aliphatic hydroxyl groups excluding tert-OH is 2. The lowest BCUT2D eigenvalue weighted by Gasteiger charge is -2.21. The van der Waals surface area contributed by atoms with Crippen LogP contribution in [0.1, 0.15) is 54.9 Å². The van der Waals surface area contributed by atoms with E-state index in [0.717, 1.165) is 0 Å². The third-order valence-corrected chi connectivity index (χ3v) is 3.05. The maximum absolute atomic E-state index is 11.5. The highest BCUT2D eigenvalue weighted by Gasteiger charge is 2.25. The van der Waals surface area contributed by atoms with Gasteiger partial charge in [-0.05, 0) is 45.7 Å². The molecule has 0 fully saturated rings. The summed E-state index contributed by atoms with van der Waals surface area (Å²) in [6.45, 7) is 6.94. The number of hydrogen-bond donors (Lipinski definition) is 4. The summed E-state index contributed by atoms with van der Waals surface area (Å²) >= 11 is 0. The van der Waals surface area contributed by atoms with Crippen LogP contribution in [0.25, 0.3) is 0 Å². The van der Waals surface area contributed by atoms with Gasteiger partial charge in [-0.15, -0.1) is 0 Å². The predicted octanol–water partition coefficient (Wildman–Crippen LogP) is 1.40. The van der Waals surface area contributed by atoms with Gasteiger partial charge in [0, 0.05) is 18.3 Å². The Labute approximate surface area is 140 Å². The number of amides is 1. The molecule has 0 aliphatic heterocycles. The normalized spacial score (nSPS) is 13.9. The molecule has 1 aromatic rings. The number of nitrogens with one attached hydrogen (secondary N) is 1. The number of carboxylic acid groups (broad SMARTS) is 1. The lowest BCUT2D eigenvalue weighted by molar-refractivity contribution is 0.0112. The Morgan fingerprint density at radius 2 is 1.96 bits per heavy atom. The number of pyridine rings is 1. The summed E-state index contributed by atoms with van der Waals surface area (Å²) in [5.41, 5.74) is -0.251. The zero-order chi connectivity index (χ0) is 18.5. The van der Waals surface area contributed by atoms with E-state index in [4.69, 9.17) is 9.84 Å². The second-order valence-corrected chi connectivity index (χ2v) is 6.49. The third kappa shape index (κ3) is 6.13. The molecular formula is C16H24N2O6. The van der Waals surface area contributed by atoms with Crippen molar-refractivity contribution >= 4 is 12.1 Å². The Kier molecular flexibility index (Phi) is 6.68. The monoisotopic (exact) mass is 340 g/mol. The molecule has 1 amide bonds. The average Bonchev–Trinajstić information content (AvgIpc) is 2.43. The van der Waals surface area contributed by atoms with E-state index in [9.17, 15) is 19.8 Å². The maximum Gasteiger partial charge on any atom is 0.407 e. The number of aliphatic hydroxyl groups is 2. The lowest BCUT2D eigenvalue weighted by Crippen LogP contribution is -2.34. The van der Waals surface area contributed by atoms with E-state index in [1.54, 1.807) is 27.7 Å². The predicted molar refractivity (Wildman–Crippen MR) is 85.8 cm³/mol. The van der Waals surface area contributed by atoms with Gasteiger partial charge in [0.2, 0.25) is 0 Å². The summed E-state index contributed by atoms with van der Waals surface area (Å²) in [6.07, 6.45) is -1.93. The van der Waals surface area contributed by atoms with Crippen molar-refractivity contribution in [3.63, 3.8) is 0 Å². The smallest absolute Gasteiger partial charge is 0.407 e. The first kappa shape index (κ1) is 19.9. The van der Waals surface area contributed by atoms with Crippen molar-refractivity contribution in [2.24, 2.45) is 0 Å². The zero-order valence-electron chi connectivity index (χ0n) is 14.2. The van der Waals surface area contributed by atoms with Crippen LogP contribution in [-0.4, -0.2) is 50.6 Å². The van der Waals surface area contributed by atoms with Crippen molar-refractivity contribution in [2.75, 3.05) is 6.54 Å². The van der Waals surface area contributed by atoms with Crippen LogP contribution < -0.4 is 5.32 Å². The molecule has 0 radical (unpaired) electrons. The molecule has 0 aliphatic rings. The van der Waals surface area contributed by atoms with Crippen LogP contribution in [-0.2, 0) is 4.74 Å². The lowest BCUT2D eigenvalue weighted by atomic mass is 9.99. The van der Waals surface area contributed by atoms with E-state index in [-0.39, 0.29) is 24.2 Å². The summed E-state index contributed by atoms with van der Waals surface area (Å²) in [5, 5.41) is 31.8. The molecule has 1 rings (SSSR count). The van der Waals surface area contributed by atoms with Crippen LogP contribution in [0.15, 0.2) is 12.3 Å². The van der Waals surface area contributed by atoms with Gasteiger partial charge in [0.25, 0.3) is 0 Å². The highest BCUT2D eigenvalue weighted by atomic mass is 16.6. The van der Waals surface area contributed by atoms with E-state index in [1.165, 1.54) is 12.3 Å². The number of alkyl carbamates (subject to hydrolysis) is 1. The molecule has 0 aromatic carbocycles. The van der Waals surface area contributed by atoms with Crippen molar-refractivity contribution in [1.29, 1.82) is 0 Å². The first-order valence-electron chi connectivity index (χ1n) is 7.54. The molecule has 1 aromatic heterocycles. The molecule has 8 heteroatoms. The number of rotatable bonds is 6. The molecule has 0 spiro atoms. The van der Waals surface area contributed by atoms with Gasteiger partial charge >= 0.3 is 12.1 Å². The topological polar surface area (TPSA) is 129 Å². The van der Waals surface area contributed by atoms with Gasteiger partial charge in [-0.3, -0.25) is 0 Å². The van der Waals surface area contributed by atoms with E-state index in [0.29, 0.717) is 5.56 Å². The van der Waals surface area contributed by atoms with E-state index < -0.39 is 29.9 Å². The Hall–Kier alpha value is -2.19. The Morgan fingerprint density at radius 3 is 2.50 bits per heavy atom. The molecule has 2 atom stereocenters. The van der Waals surface area contributed by atoms with E-state index >= 15 is 0 Å². The van der Waals surface area contributed by atoms with Gasteiger partial charge in [0.05, 0.1) is 6.10 Å². The first-order chi connectivity index (χ1) is 11.0. The first-order valence-corrected chi connectivity index (χ1v) is 7.54. The van der Waals surface area contributed by atoms with Crippen LogP contribution in [0.5, 0.6) is 0 Å². The molecule has 8 nitrogen and oxygen atoms in total. The molecule has 0 aliphatic carbocycles. The number of carboxylic acids is 1. The van der Waals surface area contributed by atoms with Crippen molar-refractivity contribution in [3.8, 4) is 0 Å². The molecule has 0 saturated carbocycles. The van der Waals surface area contributed by atoms with E-state index in [2.05, 4.69) is 10.3 Å². The fraction of sp³-hybridized carbons (Fsp3) is 0.562. The molecule has 24 heavy (non-hydrogen) atoms. The van der Waals surface area contributed by atoms with E-state index in [1.807, 2.05) is 0 Å². The number of hydrogen-bond acceptors (Lipinski definition) is 6. The quantitative estimate of drug-likeness (QED) is 0.616. The molecule has 134 valence electrons. The van der Waals surface area contributed by atoms with Crippen LogP contribution in [0.3, 0.4) is 0 Å². The second-order valence-electron chi connectivity index (χ2n) is 6.49. The minimum Gasteiger partial charge on any atom is -0.477 e. The van der Waals surface area contributed by atoms with Gasteiger partial charge in [0.1, 0.15) is 11.7 Å². The molecule has 0 saturated heterocycles. The molecule has 0 bridgehead atoms. The number of carbonyl (C=O) groups excluding carboxylic acids is 1. The molecule has 4 N–H and O–H groups in total. The van der Waals surface area contributed by atoms with Gasteiger partial charge in [-0.25, -0.2) is 14.6 Å². The molecule has 2 unspecified atom stereocenters. The number of aromatic nitrogens is 1. The van der Waals surface area contributed by atoms with Crippen LogP contribution in [0.2, 0.25) is 0 Å². The summed E-state index contributed by atoms with van der Waals surface area (Å²) in [7, 11) is 0. The SMILES string of the molecule is Cc1cnc(C(=O)O)c(C(O)C(O)CCNC(=O)OC(C)(C)C)c1. The fourth-order valence-electron chi connectivity index (χ4n) is 2.00. The van der Waals surface area contributed by atoms with Crippen LogP contribution in [0.4, 0.5) is 4.79 Å². The number of carbonyl (C=O) groups is 2. The average molecular weight is 340 g/mol. The van der Waals surface area contributed by atoms with Crippen molar-refractivity contribution in [1.82, 2.24) is 10.3 Å². The zero-order valence-corrected chi connectivity index (χ0v) is 14.2. The van der Waals surface area contributed by atoms with Crippen LogP contribution >= 0.6 is 0 Å². The van der Waals surface area contributed by atoms with Gasteiger partial charge in [-0.2, -0.15) is 0 Å². The second kappa shape index (κ2) is 8.07. The van der Waals surface area contributed by atoms with Gasteiger partial charge < -0.3 is 25.4 Å². The fourth-order valence-corrected chi connectivity index (χ4v) is 2.00. The minimum atomic E-state index is -1.43. The Balaban J connectivity index is 2.66. The maximum atomic E-state index is 11.5. The van der Waals surface area contributed by atoms with Gasteiger partial charge in [0.15, 0.2) is 5.69 Å². The minimum absolute atomic E-state index is 0.0212. The standard InChI is InChI=1S/C16H24N2O6/c1-9-7-10(12(14(21)22)18-8-9)13(20)11(19)5-6-17-15(23)24-16(2,3)4/h7-8,11,13,19-20H,5-6H2,1-4H3,(H,17,23)(H,21,22). The van der Waals surface area contributed by atoms with Gasteiger partial charge in [-0.1, -0.05) is 0 Å². The summed E-state index contributed by atoms with van der Waals surface area (Å²) in [6, 6.07) is 1.46. The number of aryl methyl sites for hydroxylation is 1. The number of aromatic carboxylic acids is 1. The Morgan fingerprint density at radius 1 is 1.33 bits per heavy atom. The van der Waals surface area contributed by atoms with Crippen molar-refractivity contribution in [2.45, 2.75) is 51.9 Å². The summed E-state index contributed by atoms with van der Waals surface area (Å²) in [4.78, 5) is 26.4. The number of ether oxygens (including phenoxy) is 1. The Bertz CT molecular complexity index is 597. The highest BCUT2D eigenvalue weighted by molar-refractivity contribution is 5.87.